The maximum atomic E-state index is 12.5. The summed E-state index contributed by atoms with van der Waals surface area (Å²) < 4.78 is 24.9. The molecule has 0 bridgehead atoms. The molecule has 11 heteroatoms. The minimum Gasteiger partial charge on any atom is -0.477 e. The molecule has 2 aliphatic heterocycles. The van der Waals surface area contributed by atoms with E-state index in [2.05, 4.69) is 0 Å². The Kier molecular flexibility index (Phi) is 4.94. The van der Waals surface area contributed by atoms with Gasteiger partial charge in [0.1, 0.15) is 11.7 Å². The van der Waals surface area contributed by atoms with Crippen molar-refractivity contribution in [2.45, 2.75) is 43.7 Å². The largest absolute Gasteiger partial charge is 0.477 e. The first-order valence-corrected chi connectivity index (χ1v) is 9.34. The van der Waals surface area contributed by atoms with Crippen molar-refractivity contribution >= 4 is 27.6 Å². The molecule has 6 N–H and O–H groups in total. The van der Waals surface area contributed by atoms with E-state index in [-0.39, 0.29) is 17.7 Å². The van der Waals surface area contributed by atoms with Crippen LogP contribution in [0.1, 0.15) is 20.3 Å². The Hall–Kier alpha value is -1.98. The summed E-state index contributed by atoms with van der Waals surface area (Å²) in [5, 5.41) is 17.7. The van der Waals surface area contributed by atoms with Crippen LogP contribution in [-0.2, 0) is 24.2 Å². The third-order valence-corrected chi connectivity index (χ3v) is 6.98. The van der Waals surface area contributed by atoms with Crippen molar-refractivity contribution in [2.75, 3.05) is 5.75 Å². The molecule has 5 unspecified atom stereocenters. The third kappa shape index (κ3) is 3.14. The molecule has 1 saturated heterocycles. The molecule has 140 valence electrons. The monoisotopic (exact) mass is 375 g/mol. The van der Waals surface area contributed by atoms with Crippen molar-refractivity contribution in [3.8, 4) is 0 Å². The van der Waals surface area contributed by atoms with Crippen LogP contribution in [0, 0.1) is 5.92 Å². The van der Waals surface area contributed by atoms with Crippen molar-refractivity contribution in [3.05, 3.63) is 11.3 Å². The van der Waals surface area contributed by atoms with Gasteiger partial charge in [-0.15, -0.1) is 0 Å². The number of rotatable bonds is 7. The number of aliphatic carboxylic acids is 1. The molecule has 0 aliphatic carbocycles. The zero-order valence-corrected chi connectivity index (χ0v) is 14.6. The SMILES string of the molecule is CC(O)C1C(=O)N2C(C(=O)O)=C(CS(=O)(=O)C(C)C(N)C(N)=O)CC12. The Morgan fingerprint density at radius 1 is 1.36 bits per heavy atom. The number of carbonyl (C=O) groups excluding carboxylic acids is 2. The number of carboxylic acids is 1. The Bertz CT molecular complexity index is 758. The number of sulfone groups is 1. The summed E-state index contributed by atoms with van der Waals surface area (Å²) in [5.74, 6) is -4.37. The van der Waals surface area contributed by atoms with Gasteiger partial charge in [-0.25, -0.2) is 13.2 Å². The maximum Gasteiger partial charge on any atom is 0.352 e. The van der Waals surface area contributed by atoms with E-state index in [9.17, 15) is 33.0 Å². The lowest BCUT2D eigenvalue weighted by Gasteiger charge is -2.44. The van der Waals surface area contributed by atoms with Gasteiger partial charge in [0.2, 0.25) is 11.8 Å². The normalized spacial score (nSPS) is 26.7. The average Bonchev–Trinajstić information content (AvgIpc) is 2.78. The van der Waals surface area contributed by atoms with Crippen molar-refractivity contribution in [3.63, 3.8) is 0 Å². The van der Waals surface area contributed by atoms with Gasteiger partial charge in [0, 0.05) is 0 Å². The van der Waals surface area contributed by atoms with Crippen LogP contribution in [0.4, 0.5) is 0 Å². The lowest BCUT2D eigenvalue weighted by atomic mass is 9.83. The summed E-state index contributed by atoms with van der Waals surface area (Å²) in [6, 6.07) is -2.01. The number of β-lactam (4-membered cyclic amide) rings is 1. The molecule has 2 heterocycles. The molecule has 1 fully saturated rings. The second-order valence-corrected chi connectivity index (χ2v) is 8.80. The van der Waals surface area contributed by atoms with Gasteiger partial charge in [-0.1, -0.05) is 0 Å². The zero-order chi connectivity index (χ0) is 19.3. The van der Waals surface area contributed by atoms with Crippen molar-refractivity contribution in [1.82, 2.24) is 4.90 Å². The Balaban J connectivity index is 2.31. The number of nitrogens with zero attached hydrogens (tertiary/aromatic N) is 1. The van der Waals surface area contributed by atoms with Crippen LogP contribution in [0.15, 0.2) is 11.3 Å². The quantitative estimate of drug-likeness (QED) is 0.354. The molecule has 0 aromatic carbocycles. The summed E-state index contributed by atoms with van der Waals surface area (Å²) in [6.07, 6.45) is -0.942. The molecule has 0 aromatic heterocycles. The summed E-state index contributed by atoms with van der Waals surface area (Å²) >= 11 is 0. The second-order valence-electron chi connectivity index (χ2n) is 6.44. The number of hydrogen-bond donors (Lipinski definition) is 4. The first-order valence-electron chi connectivity index (χ1n) is 7.63. The lowest BCUT2D eigenvalue weighted by Crippen LogP contribution is -2.61. The molecular weight excluding hydrogens is 354 g/mol. The smallest absolute Gasteiger partial charge is 0.352 e. The van der Waals surface area contributed by atoms with Gasteiger partial charge >= 0.3 is 5.97 Å². The lowest BCUT2D eigenvalue weighted by molar-refractivity contribution is -0.161. The maximum absolute atomic E-state index is 12.5. The van der Waals surface area contributed by atoms with Crippen molar-refractivity contribution in [2.24, 2.45) is 17.4 Å². The first kappa shape index (κ1) is 19.3. The minimum atomic E-state index is -3.98. The van der Waals surface area contributed by atoms with Crippen LogP contribution in [0.25, 0.3) is 0 Å². The summed E-state index contributed by atoms with van der Waals surface area (Å²) in [7, 11) is -3.98. The fraction of sp³-hybridized carbons (Fsp3) is 0.643. The van der Waals surface area contributed by atoms with Gasteiger partial charge in [0.05, 0.1) is 29.1 Å². The Labute approximate surface area is 144 Å². The van der Waals surface area contributed by atoms with Crippen molar-refractivity contribution in [1.29, 1.82) is 0 Å². The second kappa shape index (κ2) is 6.39. The highest BCUT2D eigenvalue weighted by molar-refractivity contribution is 7.92. The molecule has 0 radical (unpaired) electrons. The van der Waals surface area contributed by atoms with Crippen LogP contribution >= 0.6 is 0 Å². The van der Waals surface area contributed by atoms with Gasteiger partial charge in [-0.2, -0.15) is 0 Å². The highest BCUT2D eigenvalue weighted by Gasteiger charge is 2.57. The number of nitrogens with two attached hydrogens (primary N) is 2. The zero-order valence-electron chi connectivity index (χ0n) is 13.7. The molecule has 2 aliphatic rings. The average molecular weight is 375 g/mol. The molecule has 0 aromatic rings. The summed E-state index contributed by atoms with van der Waals surface area (Å²) in [5.41, 5.74) is 10.2. The van der Waals surface area contributed by atoms with Crippen LogP contribution in [0.3, 0.4) is 0 Å². The number of aliphatic hydroxyl groups excluding tert-OH is 1. The van der Waals surface area contributed by atoms with E-state index in [0.717, 1.165) is 4.90 Å². The number of carbonyl (C=O) groups is 3. The molecule has 10 nitrogen and oxygen atoms in total. The van der Waals surface area contributed by atoms with Crippen LogP contribution in [0.5, 0.6) is 0 Å². The highest BCUT2D eigenvalue weighted by atomic mass is 32.2. The van der Waals surface area contributed by atoms with Crippen LogP contribution in [-0.4, -0.2) is 70.5 Å². The topological polar surface area (TPSA) is 181 Å². The highest BCUT2D eigenvalue weighted by Crippen LogP contribution is 2.44. The number of carboxylic acid groups (broad SMARTS) is 1. The van der Waals surface area contributed by atoms with Gasteiger partial charge in [0.15, 0.2) is 9.84 Å². The molecule has 2 rings (SSSR count). The first-order chi connectivity index (χ1) is 11.4. The van der Waals surface area contributed by atoms with E-state index in [1.54, 1.807) is 0 Å². The van der Waals surface area contributed by atoms with Crippen LogP contribution < -0.4 is 11.5 Å². The summed E-state index contributed by atoms with van der Waals surface area (Å²) in [4.78, 5) is 35.7. The van der Waals surface area contributed by atoms with Gasteiger partial charge in [-0.3, -0.25) is 9.59 Å². The summed E-state index contributed by atoms with van der Waals surface area (Å²) in [6.45, 7) is 2.64. The van der Waals surface area contributed by atoms with Gasteiger partial charge in [-0.05, 0) is 25.8 Å². The number of primary amides is 1. The number of fused-ring (bicyclic) bond motifs is 1. The fourth-order valence-corrected chi connectivity index (χ4v) is 4.90. The fourth-order valence-electron chi connectivity index (χ4n) is 3.32. The molecule has 0 saturated carbocycles. The van der Waals surface area contributed by atoms with Crippen molar-refractivity contribution < 1.29 is 33.0 Å². The molecule has 2 amide bonds. The predicted molar refractivity (Wildman–Crippen MR) is 85.5 cm³/mol. The van der Waals surface area contributed by atoms with Crippen LogP contribution in [0.2, 0.25) is 0 Å². The Morgan fingerprint density at radius 2 is 1.92 bits per heavy atom. The Morgan fingerprint density at radius 3 is 2.36 bits per heavy atom. The van der Waals surface area contributed by atoms with E-state index >= 15 is 0 Å². The molecule has 5 atom stereocenters. The number of amides is 2. The van der Waals surface area contributed by atoms with Gasteiger partial charge < -0.3 is 26.6 Å². The third-order valence-electron chi connectivity index (χ3n) is 4.80. The van der Waals surface area contributed by atoms with Gasteiger partial charge in [0.25, 0.3) is 0 Å². The van der Waals surface area contributed by atoms with E-state index in [1.807, 2.05) is 0 Å². The van der Waals surface area contributed by atoms with E-state index < -0.39 is 62.7 Å². The van der Waals surface area contributed by atoms with E-state index in [4.69, 9.17) is 11.5 Å². The number of hydrogen-bond acceptors (Lipinski definition) is 7. The predicted octanol–water partition coefficient (Wildman–Crippen LogP) is -2.45. The van der Waals surface area contributed by atoms with E-state index in [1.165, 1.54) is 13.8 Å². The van der Waals surface area contributed by atoms with E-state index in [0.29, 0.717) is 0 Å². The number of aliphatic hydroxyl groups is 1. The molecule has 0 spiro atoms. The molecular formula is C14H21N3O7S. The standard InChI is InChI=1S/C14H21N3O7S/c1-5(18)9-8-3-7(11(14(21)22)17(8)13(9)20)4-25(23,24)6(2)10(15)12(16)19/h5-6,8-10,18H,3-4,15H2,1-2H3,(H2,16,19)(H,21,22). The minimum absolute atomic E-state index is 0.0285. The molecule has 25 heavy (non-hydrogen) atoms.